The summed E-state index contributed by atoms with van der Waals surface area (Å²) in [6.45, 7) is 4.78. The molecule has 3 aromatic rings. The third-order valence-electron chi connectivity index (χ3n) is 7.73. The van der Waals surface area contributed by atoms with Gasteiger partial charge in [-0.1, -0.05) is 24.3 Å². The van der Waals surface area contributed by atoms with E-state index < -0.39 is 0 Å². The van der Waals surface area contributed by atoms with Gasteiger partial charge in [0.1, 0.15) is 5.69 Å². The number of nitrogens with one attached hydrogen (secondary N) is 2. The van der Waals surface area contributed by atoms with E-state index in [1.807, 2.05) is 54.6 Å². The molecule has 0 unspecified atom stereocenters. The number of anilines is 2. The van der Waals surface area contributed by atoms with Crippen LogP contribution in [0, 0.1) is 5.92 Å². The molecule has 0 radical (unpaired) electrons. The highest BCUT2D eigenvalue weighted by atomic mass is 16.2. The Hall–Kier alpha value is -4.24. The number of benzene rings is 2. The molecule has 2 saturated heterocycles. The van der Waals surface area contributed by atoms with Gasteiger partial charge in [0.05, 0.1) is 5.92 Å². The summed E-state index contributed by atoms with van der Waals surface area (Å²) in [6, 6.07) is 18.8. The Morgan fingerprint density at radius 1 is 0.900 bits per heavy atom. The number of likely N-dealkylation sites (tertiary alicyclic amines) is 1. The number of rotatable bonds is 6. The second-order valence-corrected chi connectivity index (χ2v) is 10.5. The lowest BCUT2D eigenvalue weighted by Gasteiger charge is -2.34. The lowest BCUT2D eigenvalue weighted by molar-refractivity contribution is -0.121. The Kier molecular flexibility index (Phi) is 8.40. The van der Waals surface area contributed by atoms with Gasteiger partial charge in [-0.05, 0) is 67.4 Å². The van der Waals surface area contributed by atoms with Crippen LogP contribution in [0.15, 0.2) is 66.9 Å². The Morgan fingerprint density at radius 2 is 1.65 bits per heavy atom. The molecule has 2 fully saturated rings. The lowest BCUT2D eigenvalue weighted by atomic mass is 9.96. The molecule has 2 N–H and O–H groups in total. The highest BCUT2D eigenvalue weighted by Gasteiger charge is 2.30. The largest absolute Gasteiger partial charge is 0.369 e. The minimum absolute atomic E-state index is 0.104. The first-order valence-corrected chi connectivity index (χ1v) is 13.8. The zero-order valence-electron chi connectivity index (χ0n) is 23.1. The maximum absolute atomic E-state index is 13.4. The molecule has 208 valence electrons. The fourth-order valence-electron chi connectivity index (χ4n) is 5.34. The summed E-state index contributed by atoms with van der Waals surface area (Å²) in [6.07, 6.45) is 3.18. The number of piperazine rings is 1. The van der Waals surface area contributed by atoms with E-state index in [1.54, 1.807) is 24.2 Å². The number of likely N-dealkylation sites (N-methyl/N-ethyl adjacent to an activating group) is 1. The van der Waals surface area contributed by atoms with Crippen molar-refractivity contribution in [1.82, 2.24) is 20.1 Å². The van der Waals surface area contributed by atoms with E-state index in [1.165, 1.54) is 0 Å². The minimum atomic E-state index is -0.307. The summed E-state index contributed by atoms with van der Waals surface area (Å²) in [7, 11) is 3.72. The number of nitrogens with zero attached hydrogens (tertiary/aromatic N) is 4. The molecule has 40 heavy (non-hydrogen) atoms. The van der Waals surface area contributed by atoms with Gasteiger partial charge in [0.2, 0.25) is 5.91 Å². The van der Waals surface area contributed by atoms with E-state index in [0.717, 1.165) is 55.8 Å². The van der Waals surface area contributed by atoms with E-state index in [0.29, 0.717) is 30.0 Å². The smallest absolute Gasteiger partial charge is 0.272 e. The summed E-state index contributed by atoms with van der Waals surface area (Å²) >= 11 is 0. The maximum atomic E-state index is 13.4. The SMILES string of the molecule is CNC(=O)c1cccc(-c2cccc(NC(=O)[C@H]3CCCN(C(=O)c4cc(N5CCN(C)CC5)ccn4)C3)c2)c1. The van der Waals surface area contributed by atoms with Gasteiger partial charge in [0, 0.05) is 69.5 Å². The molecule has 9 heteroatoms. The molecule has 3 amide bonds. The van der Waals surface area contributed by atoms with Crippen LogP contribution in [0.2, 0.25) is 0 Å². The van der Waals surface area contributed by atoms with Crippen molar-refractivity contribution in [2.24, 2.45) is 5.92 Å². The van der Waals surface area contributed by atoms with Crippen molar-refractivity contribution in [3.63, 3.8) is 0 Å². The summed E-state index contributed by atoms with van der Waals surface area (Å²) in [5.41, 5.74) is 4.47. The molecule has 3 heterocycles. The number of piperidine rings is 1. The Balaban J connectivity index is 1.23. The normalized spacial score (nSPS) is 17.8. The third kappa shape index (κ3) is 6.31. The first kappa shape index (κ1) is 27.3. The monoisotopic (exact) mass is 540 g/mol. The van der Waals surface area contributed by atoms with E-state index in [9.17, 15) is 14.4 Å². The molecule has 1 atom stereocenters. The topological polar surface area (TPSA) is 97.9 Å². The molecule has 5 rings (SSSR count). The maximum Gasteiger partial charge on any atom is 0.272 e. The van der Waals surface area contributed by atoms with Gasteiger partial charge in [-0.3, -0.25) is 19.4 Å². The predicted molar refractivity (Wildman–Crippen MR) is 156 cm³/mol. The average molecular weight is 541 g/mol. The number of pyridine rings is 1. The van der Waals surface area contributed by atoms with Crippen molar-refractivity contribution in [3.05, 3.63) is 78.1 Å². The molecule has 0 aliphatic carbocycles. The highest BCUT2D eigenvalue weighted by Crippen LogP contribution is 2.26. The Morgan fingerprint density at radius 3 is 2.42 bits per heavy atom. The number of carbonyl (C=O) groups excluding carboxylic acids is 3. The van der Waals surface area contributed by atoms with E-state index >= 15 is 0 Å². The molecule has 9 nitrogen and oxygen atoms in total. The zero-order valence-corrected chi connectivity index (χ0v) is 23.1. The molecule has 2 aliphatic rings. The van der Waals surface area contributed by atoms with Crippen molar-refractivity contribution in [2.45, 2.75) is 12.8 Å². The number of hydrogen-bond acceptors (Lipinski definition) is 6. The fraction of sp³-hybridized carbons (Fsp3) is 0.355. The molecule has 0 bridgehead atoms. The molecule has 0 saturated carbocycles. The molecular formula is C31H36N6O3. The van der Waals surface area contributed by atoms with E-state index in [-0.39, 0.29) is 23.6 Å². The summed E-state index contributed by atoms with van der Waals surface area (Å²) in [5, 5.41) is 5.69. The van der Waals surface area contributed by atoms with Crippen LogP contribution in [0.4, 0.5) is 11.4 Å². The number of hydrogen-bond donors (Lipinski definition) is 2. The van der Waals surface area contributed by atoms with Crippen molar-refractivity contribution in [3.8, 4) is 11.1 Å². The summed E-state index contributed by atoms with van der Waals surface area (Å²) < 4.78 is 0. The van der Waals surface area contributed by atoms with Crippen LogP contribution in [0.5, 0.6) is 0 Å². The van der Waals surface area contributed by atoms with Gasteiger partial charge in [-0.15, -0.1) is 0 Å². The molecular weight excluding hydrogens is 504 g/mol. The van der Waals surface area contributed by atoms with Crippen molar-refractivity contribution < 1.29 is 14.4 Å². The van der Waals surface area contributed by atoms with Crippen molar-refractivity contribution in [2.75, 3.05) is 63.6 Å². The van der Waals surface area contributed by atoms with Crippen LogP contribution < -0.4 is 15.5 Å². The first-order valence-electron chi connectivity index (χ1n) is 13.8. The van der Waals surface area contributed by atoms with Gasteiger partial charge < -0.3 is 25.3 Å². The quantitative estimate of drug-likeness (QED) is 0.498. The summed E-state index contributed by atoms with van der Waals surface area (Å²) in [5.74, 6) is -0.693. The van der Waals surface area contributed by atoms with Gasteiger partial charge in [0.15, 0.2) is 0 Å². The van der Waals surface area contributed by atoms with Crippen LogP contribution in [0.25, 0.3) is 11.1 Å². The van der Waals surface area contributed by atoms with Crippen LogP contribution in [-0.2, 0) is 4.79 Å². The van der Waals surface area contributed by atoms with Crippen molar-refractivity contribution >= 4 is 29.1 Å². The van der Waals surface area contributed by atoms with E-state index in [4.69, 9.17) is 0 Å². The van der Waals surface area contributed by atoms with Gasteiger partial charge >= 0.3 is 0 Å². The molecule has 2 aliphatic heterocycles. The molecule has 0 spiro atoms. The second-order valence-electron chi connectivity index (χ2n) is 10.5. The standard InChI is InChI=1S/C31H36N6O3/c1-32-29(38)24-8-3-6-22(18-24)23-7-4-10-26(19-23)34-30(39)25-9-5-13-37(21-25)31(40)28-20-27(11-12-33-28)36-16-14-35(2)15-17-36/h3-4,6-8,10-12,18-20,25H,5,9,13-17,21H2,1-2H3,(H,32,38)(H,34,39)/t25-/m0/s1. The van der Waals surface area contributed by atoms with Crippen LogP contribution in [-0.4, -0.2) is 85.9 Å². The predicted octanol–water partition coefficient (Wildman–Crippen LogP) is 3.35. The van der Waals surface area contributed by atoms with Gasteiger partial charge in [-0.2, -0.15) is 0 Å². The Bertz CT molecular complexity index is 1380. The number of aromatic nitrogens is 1. The van der Waals surface area contributed by atoms with Crippen LogP contribution >= 0.6 is 0 Å². The zero-order chi connectivity index (χ0) is 28.1. The average Bonchev–Trinajstić information content (AvgIpc) is 3.01. The lowest BCUT2D eigenvalue weighted by Crippen LogP contribution is -2.45. The number of carbonyl (C=O) groups is 3. The molecule has 2 aromatic carbocycles. The first-order chi connectivity index (χ1) is 19.4. The van der Waals surface area contributed by atoms with Crippen LogP contribution in [0.1, 0.15) is 33.7 Å². The van der Waals surface area contributed by atoms with Gasteiger partial charge in [0.25, 0.3) is 11.8 Å². The highest BCUT2D eigenvalue weighted by molar-refractivity contribution is 5.97. The van der Waals surface area contributed by atoms with E-state index in [2.05, 4.69) is 32.5 Å². The van der Waals surface area contributed by atoms with Gasteiger partial charge in [-0.25, -0.2) is 0 Å². The fourth-order valence-corrected chi connectivity index (χ4v) is 5.34. The second kappa shape index (κ2) is 12.3. The van der Waals surface area contributed by atoms with Crippen molar-refractivity contribution in [1.29, 1.82) is 0 Å². The summed E-state index contributed by atoms with van der Waals surface area (Å²) in [4.78, 5) is 49.4. The molecule has 1 aromatic heterocycles. The minimum Gasteiger partial charge on any atom is -0.369 e. The Labute approximate surface area is 235 Å². The third-order valence-corrected chi connectivity index (χ3v) is 7.73. The number of amides is 3. The van der Waals surface area contributed by atoms with Crippen LogP contribution in [0.3, 0.4) is 0 Å².